The summed E-state index contributed by atoms with van der Waals surface area (Å²) < 4.78 is 1.89. The summed E-state index contributed by atoms with van der Waals surface area (Å²) >= 11 is 0. The molecule has 2 atom stereocenters. The highest BCUT2D eigenvalue weighted by Crippen LogP contribution is 2.30. The Bertz CT molecular complexity index is 759. The second-order valence-electron chi connectivity index (χ2n) is 6.93. The van der Waals surface area contributed by atoms with Crippen LogP contribution in [-0.4, -0.2) is 45.8 Å². The molecule has 25 heavy (non-hydrogen) atoms. The number of benzene rings is 1. The quantitative estimate of drug-likeness (QED) is 0.895. The molecular weight excluding hydrogens is 336 g/mol. The molecule has 2 aromatic rings. The van der Waals surface area contributed by atoms with Gasteiger partial charge >= 0.3 is 0 Å². The molecule has 3 heterocycles. The minimum Gasteiger partial charge on any atom is -0.331 e. The van der Waals surface area contributed by atoms with Gasteiger partial charge in [-0.3, -0.25) is 4.79 Å². The average molecular weight is 361 g/mol. The van der Waals surface area contributed by atoms with E-state index in [0.717, 1.165) is 54.9 Å². The lowest BCUT2D eigenvalue weighted by molar-refractivity contribution is 0.0679. The number of para-hydroxylation sites is 1. The van der Waals surface area contributed by atoms with Crippen molar-refractivity contribution < 1.29 is 4.79 Å². The van der Waals surface area contributed by atoms with Crippen LogP contribution in [0.25, 0.3) is 5.69 Å². The van der Waals surface area contributed by atoms with Crippen LogP contribution in [0.4, 0.5) is 0 Å². The SMILES string of the molecule is Cc1ccccc1-n1ncc(C(=O)N2C3CCNCC2CC3)c1C.Cl. The molecule has 2 aliphatic rings. The van der Waals surface area contributed by atoms with Gasteiger partial charge in [-0.1, -0.05) is 18.2 Å². The summed E-state index contributed by atoms with van der Waals surface area (Å²) in [5.74, 6) is 0.142. The molecule has 5 nitrogen and oxygen atoms in total. The molecule has 1 N–H and O–H groups in total. The first-order chi connectivity index (χ1) is 11.7. The molecule has 2 aliphatic heterocycles. The minimum absolute atomic E-state index is 0. The number of fused-ring (bicyclic) bond motifs is 2. The van der Waals surface area contributed by atoms with Crippen LogP contribution in [-0.2, 0) is 0 Å². The second kappa shape index (κ2) is 7.18. The zero-order valence-corrected chi connectivity index (χ0v) is 15.6. The van der Waals surface area contributed by atoms with Crippen molar-refractivity contribution in [3.05, 3.63) is 47.3 Å². The third-order valence-electron chi connectivity index (χ3n) is 5.47. The summed E-state index contributed by atoms with van der Waals surface area (Å²) in [6.07, 6.45) is 5.02. The van der Waals surface area contributed by atoms with Crippen LogP contribution in [0.1, 0.15) is 40.9 Å². The van der Waals surface area contributed by atoms with Crippen LogP contribution in [0, 0.1) is 13.8 Å². The first-order valence-electron chi connectivity index (χ1n) is 8.81. The Morgan fingerprint density at radius 2 is 1.92 bits per heavy atom. The van der Waals surface area contributed by atoms with Gasteiger partial charge in [0.05, 0.1) is 23.1 Å². The molecule has 2 fully saturated rings. The Morgan fingerprint density at radius 1 is 1.16 bits per heavy atom. The summed E-state index contributed by atoms with van der Waals surface area (Å²) in [5, 5.41) is 7.96. The fourth-order valence-corrected chi connectivity index (χ4v) is 4.12. The van der Waals surface area contributed by atoms with Crippen molar-refractivity contribution in [3.8, 4) is 5.69 Å². The average Bonchev–Trinajstić information content (AvgIpc) is 3.06. The summed E-state index contributed by atoms with van der Waals surface area (Å²) in [7, 11) is 0. The molecule has 4 rings (SSSR count). The lowest BCUT2D eigenvalue weighted by Crippen LogP contribution is -2.42. The highest BCUT2D eigenvalue weighted by atomic mass is 35.5. The molecule has 2 unspecified atom stereocenters. The summed E-state index contributed by atoms with van der Waals surface area (Å²) in [6.45, 7) is 5.98. The van der Waals surface area contributed by atoms with E-state index >= 15 is 0 Å². The number of halogens is 1. The van der Waals surface area contributed by atoms with Crippen LogP contribution in [0.2, 0.25) is 0 Å². The monoisotopic (exact) mass is 360 g/mol. The number of carbonyl (C=O) groups excluding carboxylic acids is 1. The van der Waals surface area contributed by atoms with Crippen molar-refractivity contribution >= 4 is 18.3 Å². The Kier molecular flexibility index (Phi) is 5.16. The zero-order chi connectivity index (χ0) is 16.7. The van der Waals surface area contributed by atoms with Crippen LogP contribution < -0.4 is 5.32 Å². The Hall–Kier alpha value is -1.85. The number of hydrogen-bond acceptors (Lipinski definition) is 3. The highest BCUT2D eigenvalue weighted by molar-refractivity contribution is 5.96. The van der Waals surface area contributed by atoms with E-state index in [2.05, 4.69) is 28.3 Å². The molecule has 1 aromatic carbocycles. The third kappa shape index (κ3) is 3.07. The van der Waals surface area contributed by atoms with Gasteiger partial charge in [0.2, 0.25) is 0 Å². The Labute approximate surface area is 154 Å². The van der Waals surface area contributed by atoms with E-state index in [1.807, 2.05) is 29.8 Å². The molecule has 0 aliphatic carbocycles. The fraction of sp³-hybridized carbons (Fsp3) is 0.474. The lowest BCUT2D eigenvalue weighted by atomic mass is 10.1. The van der Waals surface area contributed by atoms with Gasteiger partial charge in [0, 0.05) is 18.6 Å². The maximum atomic E-state index is 13.2. The van der Waals surface area contributed by atoms with Crippen LogP contribution >= 0.6 is 12.4 Å². The molecule has 6 heteroatoms. The molecule has 2 saturated heterocycles. The van der Waals surface area contributed by atoms with E-state index in [9.17, 15) is 4.79 Å². The van der Waals surface area contributed by atoms with E-state index in [0.29, 0.717) is 12.1 Å². The summed E-state index contributed by atoms with van der Waals surface area (Å²) in [5.41, 5.74) is 3.85. The maximum absolute atomic E-state index is 13.2. The van der Waals surface area contributed by atoms with E-state index < -0.39 is 0 Å². The molecule has 134 valence electrons. The van der Waals surface area contributed by atoms with Crippen molar-refractivity contribution in [2.24, 2.45) is 0 Å². The van der Waals surface area contributed by atoms with Crippen molar-refractivity contribution in [1.82, 2.24) is 20.0 Å². The van der Waals surface area contributed by atoms with Gasteiger partial charge in [0.25, 0.3) is 5.91 Å². The van der Waals surface area contributed by atoms with Gasteiger partial charge in [-0.25, -0.2) is 4.68 Å². The number of aromatic nitrogens is 2. The van der Waals surface area contributed by atoms with E-state index in [4.69, 9.17) is 0 Å². The van der Waals surface area contributed by atoms with Crippen LogP contribution in [0.15, 0.2) is 30.5 Å². The predicted molar refractivity (Wildman–Crippen MR) is 101 cm³/mol. The molecule has 1 aromatic heterocycles. The van der Waals surface area contributed by atoms with Crippen molar-refractivity contribution in [3.63, 3.8) is 0 Å². The summed E-state index contributed by atoms with van der Waals surface area (Å²) in [4.78, 5) is 15.3. The van der Waals surface area contributed by atoms with Crippen molar-refractivity contribution in [2.75, 3.05) is 13.1 Å². The lowest BCUT2D eigenvalue weighted by Gasteiger charge is -2.27. The highest BCUT2D eigenvalue weighted by Gasteiger charge is 2.39. The molecular formula is C19H25ClN4O. The molecule has 0 spiro atoms. The number of carbonyl (C=O) groups is 1. The third-order valence-corrected chi connectivity index (χ3v) is 5.47. The van der Waals surface area contributed by atoms with Gasteiger partial charge in [0.1, 0.15) is 0 Å². The minimum atomic E-state index is 0. The normalized spacial score (nSPS) is 22.4. The van der Waals surface area contributed by atoms with Gasteiger partial charge in [-0.2, -0.15) is 5.10 Å². The van der Waals surface area contributed by atoms with Crippen LogP contribution in [0.3, 0.4) is 0 Å². The van der Waals surface area contributed by atoms with Gasteiger partial charge in [-0.15, -0.1) is 12.4 Å². The summed E-state index contributed by atoms with van der Waals surface area (Å²) in [6, 6.07) is 8.84. The number of amides is 1. The zero-order valence-electron chi connectivity index (χ0n) is 14.7. The first-order valence-corrected chi connectivity index (χ1v) is 8.81. The smallest absolute Gasteiger partial charge is 0.257 e. The molecule has 0 saturated carbocycles. The van der Waals surface area contributed by atoms with Crippen molar-refractivity contribution in [2.45, 2.75) is 45.2 Å². The van der Waals surface area contributed by atoms with Crippen LogP contribution in [0.5, 0.6) is 0 Å². The van der Waals surface area contributed by atoms with E-state index in [-0.39, 0.29) is 18.3 Å². The number of nitrogens with one attached hydrogen (secondary N) is 1. The molecule has 0 radical (unpaired) electrons. The van der Waals surface area contributed by atoms with E-state index in [1.54, 1.807) is 6.20 Å². The molecule has 2 bridgehead atoms. The number of aryl methyl sites for hydroxylation is 1. The second-order valence-corrected chi connectivity index (χ2v) is 6.93. The van der Waals surface area contributed by atoms with Gasteiger partial charge in [-0.05, 0) is 51.3 Å². The molecule has 1 amide bonds. The largest absolute Gasteiger partial charge is 0.331 e. The van der Waals surface area contributed by atoms with Gasteiger partial charge in [0.15, 0.2) is 0 Å². The van der Waals surface area contributed by atoms with Gasteiger partial charge < -0.3 is 10.2 Å². The first kappa shape index (κ1) is 18.0. The van der Waals surface area contributed by atoms with E-state index in [1.165, 1.54) is 0 Å². The maximum Gasteiger partial charge on any atom is 0.257 e. The predicted octanol–water partition coefficient (Wildman–Crippen LogP) is 2.88. The Balaban J connectivity index is 0.00000182. The Morgan fingerprint density at radius 3 is 2.72 bits per heavy atom. The standard InChI is InChI=1S/C19H24N4O.ClH/c1-13-5-3-4-6-18(13)23-14(2)17(12-21-23)19(24)22-15-7-8-16(22)11-20-10-9-15;/h3-6,12,15-16,20H,7-11H2,1-2H3;1H. The topological polar surface area (TPSA) is 50.2 Å². The number of rotatable bonds is 2. The van der Waals surface area contributed by atoms with Crippen molar-refractivity contribution in [1.29, 1.82) is 0 Å². The fourth-order valence-electron chi connectivity index (χ4n) is 4.12. The number of hydrogen-bond donors (Lipinski definition) is 1. The number of nitrogens with zero attached hydrogens (tertiary/aromatic N) is 3.